The van der Waals surface area contributed by atoms with Crippen LogP contribution in [-0.4, -0.2) is 43.8 Å². The summed E-state index contributed by atoms with van der Waals surface area (Å²) in [5.41, 5.74) is 5.33. The van der Waals surface area contributed by atoms with E-state index >= 15 is 0 Å². The minimum Gasteiger partial charge on any atom is -0.330 e. The lowest BCUT2D eigenvalue weighted by atomic mass is 10.3. The first-order chi connectivity index (χ1) is 8.26. The third-order valence-corrected chi connectivity index (χ3v) is 4.76. The molecule has 2 N–H and O–H groups in total. The zero-order chi connectivity index (χ0) is 13.8. The van der Waals surface area contributed by atoms with Crippen LogP contribution in [0.1, 0.15) is 32.1 Å². The minimum atomic E-state index is -4.29. The number of hydrogen-bond donors (Lipinski definition) is 1. The van der Waals surface area contributed by atoms with Gasteiger partial charge in [-0.25, -0.2) is 8.42 Å². The molecule has 1 saturated carbocycles. The molecule has 1 aliphatic carbocycles. The summed E-state index contributed by atoms with van der Waals surface area (Å²) in [5, 5.41) is 0. The number of nitrogens with zero attached hydrogens (tertiary/aromatic N) is 1. The van der Waals surface area contributed by atoms with E-state index in [1.165, 1.54) is 4.31 Å². The van der Waals surface area contributed by atoms with Crippen LogP contribution >= 0.6 is 0 Å². The number of alkyl halides is 3. The summed E-state index contributed by atoms with van der Waals surface area (Å²) >= 11 is 0. The van der Waals surface area contributed by atoms with Crippen molar-refractivity contribution in [3.63, 3.8) is 0 Å². The van der Waals surface area contributed by atoms with Crippen molar-refractivity contribution in [3.8, 4) is 0 Å². The Hall–Kier alpha value is -0.340. The maximum atomic E-state index is 12.0. The van der Waals surface area contributed by atoms with E-state index in [2.05, 4.69) is 0 Å². The second-order valence-corrected chi connectivity index (χ2v) is 6.56. The summed E-state index contributed by atoms with van der Waals surface area (Å²) in [7, 11) is -3.58. The van der Waals surface area contributed by atoms with Crippen LogP contribution < -0.4 is 5.73 Å². The molecule has 0 aromatic rings. The largest absolute Gasteiger partial charge is 0.389 e. The Labute approximate surface area is 105 Å². The van der Waals surface area contributed by atoms with Crippen LogP contribution in [0.4, 0.5) is 13.2 Å². The molecule has 0 radical (unpaired) electrons. The highest BCUT2D eigenvalue weighted by atomic mass is 32.2. The van der Waals surface area contributed by atoms with Gasteiger partial charge < -0.3 is 5.73 Å². The Morgan fingerprint density at radius 1 is 1.22 bits per heavy atom. The SMILES string of the molecule is NCCCN(C1CC1)S(=O)(=O)CCCC(F)(F)F. The summed E-state index contributed by atoms with van der Waals surface area (Å²) < 4.78 is 61.1. The van der Waals surface area contributed by atoms with Crippen molar-refractivity contribution < 1.29 is 21.6 Å². The molecule has 0 atom stereocenters. The standard InChI is InChI=1S/C10H19F3N2O2S/c11-10(12,13)5-1-8-18(16,17)15(7-2-6-14)9-3-4-9/h9H,1-8,14H2. The quantitative estimate of drug-likeness (QED) is 0.735. The molecule has 8 heteroatoms. The molecular weight excluding hydrogens is 269 g/mol. The molecule has 1 fully saturated rings. The number of nitrogens with two attached hydrogens (primary N) is 1. The molecule has 108 valence electrons. The van der Waals surface area contributed by atoms with Crippen LogP contribution in [0.3, 0.4) is 0 Å². The van der Waals surface area contributed by atoms with Gasteiger partial charge in [-0.05, 0) is 32.2 Å². The molecule has 1 aliphatic rings. The van der Waals surface area contributed by atoms with Gasteiger partial charge in [0.05, 0.1) is 5.75 Å². The van der Waals surface area contributed by atoms with Crippen molar-refractivity contribution in [2.24, 2.45) is 5.73 Å². The van der Waals surface area contributed by atoms with Crippen molar-refractivity contribution in [2.75, 3.05) is 18.8 Å². The van der Waals surface area contributed by atoms with Gasteiger partial charge in [0.25, 0.3) is 0 Å². The highest BCUT2D eigenvalue weighted by molar-refractivity contribution is 7.89. The van der Waals surface area contributed by atoms with E-state index in [1.54, 1.807) is 0 Å². The fourth-order valence-corrected chi connectivity index (χ4v) is 3.55. The lowest BCUT2D eigenvalue weighted by Gasteiger charge is -2.21. The highest BCUT2D eigenvalue weighted by Crippen LogP contribution is 2.30. The number of rotatable bonds is 8. The van der Waals surface area contributed by atoms with Gasteiger partial charge in [-0.3, -0.25) is 0 Å². The average Bonchev–Trinajstić information content (AvgIpc) is 2.99. The molecule has 0 saturated heterocycles. The zero-order valence-electron chi connectivity index (χ0n) is 10.1. The van der Waals surface area contributed by atoms with Gasteiger partial charge in [-0.1, -0.05) is 0 Å². The average molecular weight is 288 g/mol. The second-order valence-electron chi connectivity index (χ2n) is 4.52. The predicted octanol–water partition coefficient (Wildman–Crippen LogP) is 1.47. The van der Waals surface area contributed by atoms with Crippen LogP contribution in [0.25, 0.3) is 0 Å². The maximum absolute atomic E-state index is 12.0. The van der Waals surface area contributed by atoms with Crippen molar-refractivity contribution in [1.29, 1.82) is 0 Å². The molecule has 0 aliphatic heterocycles. The molecule has 0 spiro atoms. The van der Waals surface area contributed by atoms with Crippen LogP contribution in [0.15, 0.2) is 0 Å². The third kappa shape index (κ3) is 5.53. The van der Waals surface area contributed by atoms with E-state index < -0.39 is 28.4 Å². The van der Waals surface area contributed by atoms with E-state index in [9.17, 15) is 21.6 Å². The molecule has 0 bridgehead atoms. The minimum absolute atomic E-state index is 0.0209. The Kier molecular flexibility index (Phi) is 5.42. The smallest absolute Gasteiger partial charge is 0.330 e. The highest BCUT2D eigenvalue weighted by Gasteiger charge is 2.37. The van der Waals surface area contributed by atoms with Gasteiger partial charge in [-0.15, -0.1) is 0 Å². The molecule has 0 aromatic carbocycles. The van der Waals surface area contributed by atoms with E-state index in [4.69, 9.17) is 5.73 Å². The Morgan fingerprint density at radius 3 is 2.28 bits per heavy atom. The summed E-state index contributed by atoms with van der Waals surface area (Å²) in [4.78, 5) is 0. The Bertz CT molecular complexity index is 353. The van der Waals surface area contributed by atoms with E-state index in [1.807, 2.05) is 0 Å². The number of hydrogen-bond acceptors (Lipinski definition) is 3. The second kappa shape index (κ2) is 6.21. The van der Waals surface area contributed by atoms with Crippen molar-refractivity contribution in [2.45, 2.75) is 44.3 Å². The van der Waals surface area contributed by atoms with Crippen LogP contribution in [-0.2, 0) is 10.0 Å². The molecule has 0 heterocycles. The van der Waals surface area contributed by atoms with Crippen molar-refractivity contribution in [1.82, 2.24) is 4.31 Å². The Morgan fingerprint density at radius 2 is 1.83 bits per heavy atom. The zero-order valence-corrected chi connectivity index (χ0v) is 10.9. The molecule has 18 heavy (non-hydrogen) atoms. The first-order valence-corrected chi connectivity index (χ1v) is 7.63. The van der Waals surface area contributed by atoms with Gasteiger partial charge in [0.2, 0.25) is 10.0 Å². The van der Waals surface area contributed by atoms with Gasteiger partial charge in [-0.2, -0.15) is 17.5 Å². The van der Waals surface area contributed by atoms with E-state index in [0.29, 0.717) is 19.5 Å². The molecule has 0 aromatic heterocycles. The summed E-state index contributed by atoms with van der Waals surface area (Å²) in [6, 6.07) is -0.0209. The van der Waals surface area contributed by atoms with Gasteiger partial charge in [0.15, 0.2) is 0 Å². The van der Waals surface area contributed by atoms with E-state index in [-0.39, 0.29) is 12.5 Å². The Balaban J connectivity index is 2.48. The maximum Gasteiger partial charge on any atom is 0.389 e. The fourth-order valence-electron chi connectivity index (χ4n) is 1.73. The molecule has 0 amide bonds. The van der Waals surface area contributed by atoms with Crippen LogP contribution in [0.5, 0.6) is 0 Å². The van der Waals surface area contributed by atoms with Gasteiger partial charge >= 0.3 is 6.18 Å². The molecule has 4 nitrogen and oxygen atoms in total. The van der Waals surface area contributed by atoms with Gasteiger partial charge in [0.1, 0.15) is 0 Å². The van der Waals surface area contributed by atoms with Gasteiger partial charge in [0, 0.05) is 19.0 Å². The first kappa shape index (κ1) is 15.7. The van der Waals surface area contributed by atoms with Crippen molar-refractivity contribution in [3.05, 3.63) is 0 Å². The molecule has 1 rings (SSSR count). The first-order valence-electron chi connectivity index (χ1n) is 6.02. The summed E-state index contributed by atoms with van der Waals surface area (Å²) in [5.74, 6) is -0.437. The lowest BCUT2D eigenvalue weighted by Crippen LogP contribution is -2.36. The third-order valence-electron chi connectivity index (χ3n) is 2.76. The normalized spacial score (nSPS) is 17.4. The fraction of sp³-hybridized carbons (Fsp3) is 1.00. The summed E-state index contributed by atoms with van der Waals surface area (Å²) in [6.07, 6.45) is -3.60. The molecule has 0 unspecified atom stereocenters. The van der Waals surface area contributed by atoms with Crippen molar-refractivity contribution >= 4 is 10.0 Å². The lowest BCUT2D eigenvalue weighted by molar-refractivity contribution is -0.134. The van der Waals surface area contributed by atoms with E-state index in [0.717, 1.165) is 12.8 Å². The van der Waals surface area contributed by atoms with Crippen LogP contribution in [0, 0.1) is 0 Å². The number of halogens is 3. The topological polar surface area (TPSA) is 63.4 Å². The monoisotopic (exact) mass is 288 g/mol. The summed E-state index contributed by atoms with van der Waals surface area (Å²) in [6.45, 7) is 0.691. The number of sulfonamides is 1. The predicted molar refractivity (Wildman–Crippen MR) is 62.5 cm³/mol. The molecular formula is C10H19F3N2O2S. The van der Waals surface area contributed by atoms with Crippen LogP contribution in [0.2, 0.25) is 0 Å².